The van der Waals surface area contributed by atoms with Crippen LogP contribution in [-0.4, -0.2) is 36.8 Å². The second-order valence-electron chi connectivity index (χ2n) is 7.56. The summed E-state index contributed by atoms with van der Waals surface area (Å²) < 4.78 is 13.2. The Balaban J connectivity index is 1.66. The molecule has 0 atom stereocenters. The molecule has 0 bridgehead atoms. The first-order valence-electron chi connectivity index (χ1n) is 11.0. The van der Waals surface area contributed by atoms with Crippen molar-refractivity contribution in [2.24, 2.45) is 0 Å². The smallest absolute Gasteiger partial charge is 0.268 e. The molecule has 4 amide bonds. The average Bonchev–Trinajstić information content (AvgIpc) is 3.52. The van der Waals surface area contributed by atoms with E-state index in [4.69, 9.17) is 9.47 Å². The van der Waals surface area contributed by atoms with Crippen molar-refractivity contribution in [1.29, 1.82) is 10.5 Å². The molecule has 0 saturated carbocycles. The maximum absolute atomic E-state index is 12.6. The summed E-state index contributed by atoms with van der Waals surface area (Å²) in [5.74, 6) is -1.62. The highest BCUT2D eigenvalue weighted by Gasteiger charge is 2.40. The molecule has 10 nitrogen and oxygen atoms in total. The topological polar surface area (TPSA) is 158 Å². The fourth-order valence-electron chi connectivity index (χ4n) is 3.67. The first-order chi connectivity index (χ1) is 18.3. The van der Waals surface area contributed by atoms with Crippen LogP contribution in [0, 0.1) is 22.7 Å². The number of nitriles is 2. The monoisotopic (exact) mass is 582 g/mol. The number of hydrogen-bond acceptors (Lipinski definition) is 12. The summed E-state index contributed by atoms with van der Waals surface area (Å²) in [5, 5.41) is 22.9. The Kier molecular flexibility index (Phi) is 7.07. The minimum absolute atomic E-state index is 0.168. The summed E-state index contributed by atoms with van der Waals surface area (Å²) in [6.45, 7) is 4.33. The van der Waals surface area contributed by atoms with Crippen LogP contribution in [0.5, 0.6) is 11.5 Å². The Morgan fingerprint density at radius 3 is 1.29 bits per heavy atom. The van der Waals surface area contributed by atoms with Gasteiger partial charge >= 0.3 is 0 Å². The molecule has 4 aliphatic rings. The summed E-state index contributed by atoms with van der Waals surface area (Å²) in [7, 11) is 0. The zero-order valence-electron chi connectivity index (χ0n) is 19.5. The Bertz CT molecular complexity index is 1430. The molecule has 14 heteroatoms. The van der Waals surface area contributed by atoms with E-state index in [-0.39, 0.29) is 22.3 Å². The van der Waals surface area contributed by atoms with Gasteiger partial charge in [0.05, 0.1) is 52.4 Å². The molecular formula is C24H14N4O6S4. The number of amides is 4. The number of fused-ring (bicyclic) bond motifs is 2. The van der Waals surface area contributed by atoms with Gasteiger partial charge in [-0.15, -0.1) is 0 Å². The summed E-state index contributed by atoms with van der Waals surface area (Å²) >= 11 is 5.07. The van der Waals surface area contributed by atoms with Crippen LogP contribution < -0.4 is 20.1 Å². The molecule has 0 radical (unpaired) electrons. The maximum atomic E-state index is 12.6. The highest BCUT2D eigenvalue weighted by atomic mass is 32.2. The van der Waals surface area contributed by atoms with E-state index < -0.39 is 23.6 Å². The Hall–Kier alpha value is -3.56. The van der Waals surface area contributed by atoms with Crippen molar-refractivity contribution in [1.82, 2.24) is 10.6 Å². The number of imide groups is 2. The predicted octanol–water partition coefficient (Wildman–Crippen LogP) is 3.52. The fourth-order valence-corrected chi connectivity index (χ4v) is 9.18. The number of thioether (sulfide) groups is 4. The molecule has 0 aliphatic carbocycles. The third kappa shape index (κ3) is 4.29. The fraction of sp³-hybridized carbons (Fsp3) is 0.167. The van der Waals surface area contributed by atoms with Crippen molar-refractivity contribution in [2.45, 2.75) is 33.4 Å². The van der Waals surface area contributed by atoms with Crippen LogP contribution in [0.1, 0.15) is 13.8 Å². The van der Waals surface area contributed by atoms with Gasteiger partial charge in [-0.25, -0.2) is 0 Å². The summed E-state index contributed by atoms with van der Waals surface area (Å²) in [5.41, 5.74) is 0.0490. The summed E-state index contributed by atoms with van der Waals surface area (Å²) in [6.07, 6.45) is 2.57. The van der Waals surface area contributed by atoms with E-state index in [1.807, 2.05) is 13.8 Å². The first kappa shape index (κ1) is 26.1. The van der Waals surface area contributed by atoms with Gasteiger partial charge in [-0.1, -0.05) is 47.0 Å². The minimum atomic E-state index is -0.744. The summed E-state index contributed by atoms with van der Waals surface area (Å²) in [4.78, 5) is 51.8. The van der Waals surface area contributed by atoms with Crippen molar-refractivity contribution >= 4 is 70.7 Å². The van der Waals surface area contributed by atoms with Crippen LogP contribution in [0.4, 0.5) is 0 Å². The first-order valence-corrected chi connectivity index (χ1v) is 14.2. The Labute approximate surface area is 232 Å². The van der Waals surface area contributed by atoms with Crippen molar-refractivity contribution in [2.75, 3.05) is 13.2 Å². The van der Waals surface area contributed by atoms with Gasteiger partial charge in [-0.2, -0.15) is 10.5 Å². The molecule has 0 fully saturated rings. The van der Waals surface area contributed by atoms with Crippen LogP contribution in [-0.2, 0) is 19.2 Å². The predicted molar refractivity (Wildman–Crippen MR) is 140 cm³/mol. The minimum Gasteiger partial charge on any atom is -0.491 e. The van der Waals surface area contributed by atoms with Gasteiger partial charge in [0.1, 0.15) is 34.8 Å². The molecule has 5 rings (SSSR count). The number of ether oxygens (including phenoxy) is 2. The maximum Gasteiger partial charge on any atom is 0.268 e. The van der Waals surface area contributed by atoms with Gasteiger partial charge in [-0.05, 0) is 26.0 Å². The van der Waals surface area contributed by atoms with E-state index in [1.54, 1.807) is 12.1 Å². The van der Waals surface area contributed by atoms with Crippen LogP contribution in [0.2, 0.25) is 0 Å². The molecule has 4 aliphatic heterocycles. The van der Waals surface area contributed by atoms with Crippen molar-refractivity contribution in [3.8, 4) is 23.6 Å². The Morgan fingerprint density at radius 2 is 1.00 bits per heavy atom. The van der Waals surface area contributed by atoms with E-state index in [2.05, 4.69) is 10.6 Å². The number of hydrogen-bond donors (Lipinski definition) is 2. The van der Waals surface area contributed by atoms with Crippen molar-refractivity contribution < 1.29 is 28.7 Å². The molecule has 0 aromatic heterocycles. The number of rotatable bonds is 4. The van der Waals surface area contributed by atoms with Crippen LogP contribution in [0.15, 0.2) is 62.5 Å². The SMILES string of the molecule is CCOc1c2c(c(OCC)c3c1SC(=C1C=C(C#N)C(=O)NC1=O)S3)SC(=C1C=C(C#N)C(=O)NC1=O)S2. The standard InChI is InChI=1S/C24H14N4O6S4/c1-3-33-13-15-17(37-23(35-15)11-5-9(7-25)19(29)27-21(11)31)14(34-4-2)18-16(13)36-24(38-18)12-6-10(8-26)20(30)28-22(12)32/h5-6H,3-4H2,1-2H3,(H,27,29,31)(H,28,30,32). The molecule has 38 heavy (non-hydrogen) atoms. The lowest BCUT2D eigenvalue weighted by Crippen LogP contribution is -2.36. The third-order valence-electron chi connectivity index (χ3n) is 5.28. The second-order valence-corrected chi connectivity index (χ2v) is 12.2. The highest BCUT2D eigenvalue weighted by Crippen LogP contribution is 2.68. The quantitative estimate of drug-likeness (QED) is 0.394. The molecule has 4 heterocycles. The second kappa shape index (κ2) is 10.3. The lowest BCUT2D eigenvalue weighted by atomic mass is 10.1. The number of nitrogens with zero attached hydrogens (tertiary/aromatic N) is 2. The zero-order chi connectivity index (χ0) is 27.1. The third-order valence-corrected chi connectivity index (χ3v) is 10.5. The van der Waals surface area contributed by atoms with Crippen LogP contribution >= 0.6 is 47.0 Å². The van der Waals surface area contributed by atoms with Gasteiger partial charge in [-0.3, -0.25) is 29.8 Å². The van der Waals surface area contributed by atoms with Crippen LogP contribution in [0.25, 0.3) is 0 Å². The average molecular weight is 583 g/mol. The molecule has 2 N–H and O–H groups in total. The Morgan fingerprint density at radius 1 is 0.658 bits per heavy atom. The van der Waals surface area contributed by atoms with E-state index in [1.165, 1.54) is 59.2 Å². The van der Waals surface area contributed by atoms with Crippen molar-refractivity contribution in [3.63, 3.8) is 0 Å². The van der Waals surface area contributed by atoms with Gasteiger partial charge < -0.3 is 9.47 Å². The number of nitrogens with one attached hydrogen (secondary N) is 2. The lowest BCUT2D eigenvalue weighted by molar-refractivity contribution is -0.128. The summed E-state index contributed by atoms with van der Waals surface area (Å²) in [6, 6.07) is 3.61. The van der Waals surface area contributed by atoms with Gasteiger partial charge in [0, 0.05) is 0 Å². The normalized spacial score (nSPS) is 18.2. The highest BCUT2D eigenvalue weighted by molar-refractivity contribution is 8.26. The lowest BCUT2D eigenvalue weighted by Gasteiger charge is -2.16. The van der Waals surface area contributed by atoms with E-state index in [9.17, 15) is 29.7 Å². The van der Waals surface area contributed by atoms with Gasteiger partial charge in [0.25, 0.3) is 23.6 Å². The number of benzene rings is 1. The molecule has 190 valence electrons. The molecule has 0 saturated heterocycles. The van der Waals surface area contributed by atoms with Gasteiger partial charge in [0.15, 0.2) is 0 Å². The molecule has 0 unspecified atom stereocenters. The molecular weight excluding hydrogens is 569 g/mol. The zero-order valence-corrected chi connectivity index (χ0v) is 22.8. The van der Waals surface area contributed by atoms with E-state index in [0.29, 0.717) is 52.8 Å². The molecule has 0 spiro atoms. The number of carbonyl (C=O) groups excluding carboxylic acids is 4. The van der Waals surface area contributed by atoms with Gasteiger partial charge in [0.2, 0.25) is 0 Å². The van der Waals surface area contributed by atoms with Crippen molar-refractivity contribution in [3.05, 3.63) is 42.9 Å². The van der Waals surface area contributed by atoms with E-state index >= 15 is 0 Å². The van der Waals surface area contributed by atoms with E-state index in [0.717, 1.165) is 0 Å². The van der Waals surface area contributed by atoms with Crippen LogP contribution in [0.3, 0.4) is 0 Å². The molecule has 1 aromatic carbocycles. The largest absolute Gasteiger partial charge is 0.491 e. The molecule has 1 aromatic rings. The number of carbonyl (C=O) groups is 4.